The molecule has 3 aromatic carbocycles. The van der Waals surface area contributed by atoms with E-state index in [-0.39, 0.29) is 12.4 Å². The minimum atomic E-state index is -1.27. The largest absolute Gasteiger partial charge is 0.494 e. The molecule has 0 bridgehead atoms. The third-order valence-corrected chi connectivity index (χ3v) is 5.19. The van der Waals surface area contributed by atoms with Crippen molar-refractivity contribution in [1.29, 1.82) is 0 Å². The van der Waals surface area contributed by atoms with Crippen LogP contribution in [0, 0.1) is 5.82 Å². The summed E-state index contributed by atoms with van der Waals surface area (Å²) in [5.74, 6) is -0.803. The molecule has 1 heterocycles. The maximum absolute atomic E-state index is 14.6. The fraction of sp³-hybridized carbons (Fsp3) is 0.160. The van der Waals surface area contributed by atoms with Gasteiger partial charge in [-0.25, -0.2) is 9.18 Å². The summed E-state index contributed by atoms with van der Waals surface area (Å²) in [6, 6.07) is 22.0. The number of hydrogen-bond donors (Lipinski definition) is 1. The van der Waals surface area contributed by atoms with E-state index in [2.05, 4.69) is 5.32 Å². The van der Waals surface area contributed by atoms with Crippen LogP contribution in [0.1, 0.15) is 23.6 Å². The van der Waals surface area contributed by atoms with E-state index in [1.807, 2.05) is 66.7 Å². The third-order valence-electron chi connectivity index (χ3n) is 5.19. The molecule has 0 saturated heterocycles. The number of nitrogens with one attached hydrogen (secondary N) is 1. The van der Waals surface area contributed by atoms with Gasteiger partial charge >= 0.3 is 5.97 Å². The molecule has 1 aliphatic heterocycles. The lowest BCUT2D eigenvalue weighted by atomic mass is 9.80. The molecule has 0 radical (unpaired) electrons. The first-order chi connectivity index (χ1) is 14.6. The number of carbonyl (C=O) groups is 1. The lowest BCUT2D eigenvalue weighted by Crippen LogP contribution is -2.45. The fourth-order valence-corrected chi connectivity index (χ4v) is 3.76. The zero-order chi connectivity index (χ0) is 21.1. The van der Waals surface area contributed by atoms with Gasteiger partial charge in [-0.1, -0.05) is 60.7 Å². The standard InChI is InChI=1S/C25H22FNO3/c1-3-30-24(28)25(18-12-8-5-9-13-18)16-20(17-10-6-4-7-11-17)19-14-21(26)23(29-2)15-22(19)27-25/h4-16,27H,3H2,1-2H3. The van der Waals surface area contributed by atoms with Crippen LogP contribution in [0.5, 0.6) is 5.75 Å². The van der Waals surface area contributed by atoms with Crippen LogP contribution in [0.2, 0.25) is 0 Å². The number of esters is 1. The van der Waals surface area contributed by atoms with Gasteiger partial charge in [-0.05, 0) is 35.8 Å². The van der Waals surface area contributed by atoms with Crippen LogP contribution >= 0.6 is 0 Å². The van der Waals surface area contributed by atoms with Gasteiger partial charge in [-0.3, -0.25) is 0 Å². The van der Waals surface area contributed by atoms with Crippen molar-refractivity contribution in [2.75, 3.05) is 19.0 Å². The van der Waals surface area contributed by atoms with Crippen LogP contribution in [-0.2, 0) is 15.1 Å². The molecule has 4 rings (SSSR count). The Balaban J connectivity index is 2.02. The van der Waals surface area contributed by atoms with Crippen LogP contribution in [0.15, 0.2) is 78.9 Å². The van der Waals surface area contributed by atoms with Crippen LogP contribution in [-0.4, -0.2) is 19.7 Å². The second-order valence-electron chi connectivity index (χ2n) is 6.98. The molecule has 1 unspecified atom stereocenters. The van der Waals surface area contributed by atoms with Crippen molar-refractivity contribution < 1.29 is 18.7 Å². The summed E-state index contributed by atoms with van der Waals surface area (Å²) in [5.41, 5.74) is 2.31. The Hall–Kier alpha value is -3.60. The Kier molecular flexibility index (Phi) is 5.27. The lowest BCUT2D eigenvalue weighted by Gasteiger charge is -2.37. The molecular formula is C25H22FNO3. The smallest absolute Gasteiger partial charge is 0.340 e. The molecule has 4 nitrogen and oxygen atoms in total. The first kappa shape index (κ1) is 19.7. The first-order valence-corrected chi connectivity index (χ1v) is 9.76. The molecule has 1 N–H and O–H groups in total. The summed E-state index contributed by atoms with van der Waals surface area (Å²) in [6.07, 6.45) is 1.82. The molecule has 5 heteroatoms. The molecular weight excluding hydrogens is 381 g/mol. The van der Waals surface area contributed by atoms with Crippen LogP contribution < -0.4 is 10.1 Å². The van der Waals surface area contributed by atoms with Gasteiger partial charge in [0.2, 0.25) is 0 Å². The number of hydrogen-bond acceptors (Lipinski definition) is 4. The summed E-state index contributed by atoms with van der Waals surface area (Å²) >= 11 is 0. The highest BCUT2D eigenvalue weighted by Gasteiger charge is 2.44. The molecule has 1 atom stereocenters. The van der Waals surface area contributed by atoms with Crippen molar-refractivity contribution in [2.45, 2.75) is 12.5 Å². The molecule has 152 valence electrons. The molecule has 0 aromatic heterocycles. The number of rotatable bonds is 5. The second-order valence-corrected chi connectivity index (χ2v) is 6.98. The van der Waals surface area contributed by atoms with E-state index in [1.165, 1.54) is 13.2 Å². The quantitative estimate of drug-likeness (QED) is 0.599. The number of methoxy groups -OCH3 is 1. The summed E-state index contributed by atoms with van der Waals surface area (Å²) in [5, 5.41) is 3.32. The average molecular weight is 403 g/mol. The molecule has 0 aliphatic carbocycles. The lowest BCUT2D eigenvalue weighted by molar-refractivity contribution is -0.147. The second kappa shape index (κ2) is 8.03. The molecule has 0 spiro atoms. The number of benzene rings is 3. The molecule has 0 amide bonds. The maximum atomic E-state index is 14.6. The maximum Gasteiger partial charge on any atom is 0.340 e. The highest BCUT2D eigenvalue weighted by atomic mass is 19.1. The molecule has 0 saturated carbocycles. The number of anilines is 1. The SMILES string of the molecule is CCOC(=O)C1(c2ccccc2)C=C(c2ccccc2)c2cc(F)c(OC)cc2N1. The minimum absolute atomic E-state index is 0.0985. The topological polar surface area (TPSA) is 47.6 Å². The summed E-state index contributed by atoms with van der Waals surface area (Å²) < 4.78 is 25.2. The van der Waals surface area contributed by atoms with Crippen molar-refractivity contribution in [2.24, 2.45) is 0 Å². The van der Waals surface area contributed by atoms with Gasteiger partial charge in [-0.2, -0.15) is 0 Å². The van der Waals surface area contributed by atoms with E-state index in [1.54, 1.807) is 13.0 Å². The van der Waals surface area contributed by atoms with Gasteiger partial charge in [0.15, 0.2) is 17.1 Å². The Bertz CT molecular complexity index is 1100. The van der Waals surface area contributed by atoms with Gasteiger partial charge in [0.05, 0.1) is 13.7 Å². The van der Waals surface area contributed by atoms with Crippen molar-refractivity contribution >= 4 is 17.2 Å². The van der Waals surface area contributed by atoms with E-state index >= 15 is 0 Å². The highest BCUT2D eigenvalue weighted by Crippen LogP contribution is 2.44. The van der Waals surface area contributed by atoms with E-state index in [4.69, 9.17) is 9.47 Å². The predicted molar refractivity (Wildman–Crippen MR) is 115 cm³/mol. The van der Waals surface area contributed by atoms with Crippen LogP contribution in [0.3, 0.4) is 0 Å². The van der Waals surface area contributed by atoms with Crippen molar-refractivity contribution in [1.82, 2.24) is 0 Å². The monoisotopic (exact) mass is 403 g/mol. The van der Waals surface area contributed by atoms with E-state index < -0.39 is 17.3 Å². The summed E-state index contributed by atoms with van der Waals surface area (Å²) in [6.45, 7) is 2.01. The third kappa shape index (κ3) is 3.32. The van der Waals surface area contributed by atoms with E-state index in [0.717, 1.165) is 16.7 Å². The van der Waals surface area contributed by atoms with Gasteiger partial charge in [0.1, 0.15) is 0 Å². The minimum Gasteiger partial charge on any atom is -0.494 e. The summed E-state index contributed by atoms with van der Waals surface area (Å²) in [7, 11) is 1.41. The van der Waals surface area contributed by atoms with Crippen LogP contribution in [0.25, 0.3) is 5.57 Å². The van der Waals surface area contributed by atoms with Crippen LogP contribution in [0.4, 0.5) is 10.1 Å². The van der Waals surface area contributed by atoms with E-state index in [9.17, 15) is 9.18 Å². The molecule has 30 heavy (non-hydrogen) atoms. The number of fused-ring (bicyclic) bond motifs is 1. The van der Waals surface area contributed by atoms with E-state index in [0.29, 0.717) is 11.3 Å². The van der Waals surface area contributed by atoms with Crippen molar-refractivity contribution in [3.8, 4) is 5.75 Å². The van der Waals surface area contributed by atoms with Gasteiger partial charge in [0, 0.05) is 17.3 Å². The first-order valence-electron chi connectivity index (χ1n) is 9.76. The molecule has 1 aliphatic rings. The van der Waals surface area contributed by atoms with Gasteiger partial charge in [0.25, 0.3) is 0 Å². The normalized spacial score (nSPS) is 17.4. The Morgan fingerprint density at radius 2 is 1.70 bits per heavy atom. The fourth-order valence-electron chi connectivity index (χ4n) is 3.76. The Morgan fingerprint density at radius 3 is 2.33 bits per heavy atom. The zero-order valence-electron chi connectivity index (χ0n) is 16.8. The average Bonchev–Trinajstić information content (AvgIpc) is 2.79. The number of ether oxygens (including phenoxy) is 2. The Labute approximate surface area is 175 Å². The van der Waals surface area contributed by atoms with Crippen molar-refractivity contribution in [3.05, 3.63) is 101 Å². The highest BCUT2D eigenvalue weighted by molar-refractivity contribution is 5.99. The number of carbonyl (C=O) groups excluding carboxylic acids is 1. The zero-order valence-corrected chi connectivity index (χ0v) is 16.8. The molecule has 0 fully saturated rings. The predicted octanol–water partition coefficient (Wildman–Crippen LogP) is 5.15. The molecule has 3 aromatic rings. The summed E-state index contributed by atoms with van der Waals surface area (Å²) in [4.78, 5) is 13.3. The number of halogens is 1. The van der Waals surface area contributed by atoms with Crippen molar-refractivity contribution in [3.63, 3.8) is 0 Å². The Morgan fingerprint density at radius 1 is 1.03 bits per heavy atom. The van der Waals surface area contributed by atoms with Gasteiger partial charge < -0.3 is 14.8 Å². The van der Waals surface area contributed by atoms with Gasteiger partial charge in [-0.15, -0.1) is 0 Å².